The highest BCUT2D eigenvalue weighted by molar-refractivity contribution is 5.79. The van der Waals surface area contributed by atoms with Crippen LogP contribution in [-0.2, 0) is 0 Å². The second-order valence-corrected chi connectivity index (χ2v) is 4.45. The molecule has 0 aliphatic carbocycles. The predicted octanol–water partition coefficient (Wildman–Crippen LogP) is 0.512. The number of likely N-dealkylation sites (tertiary alicyclic amines) is 1. The highest BCUT2D eigenvalue weighted by atomic mass is 15.2. The fourth-order valence-corrected chi connectivity index (χ4v) is 2.02. The molecule has 0 aromatic rings. The van der Waals surface area contributed by atoms with Crippen LogP contribution in [-0.4, -0.2) is 50.6 Å². The molecule has 1 heterocycles. The zero-order valence-electron chi connectivity index (χ0n) is 10.4. The Morgan fingerprint density at radius 2 is 2.27 bits per heavy atom. The second kappa shape index (κ2) is 5.95. The molecule has 1 aliphatic heterocycles. The maximum atomic E-state index is 4.10. The third-order valence-corrected chi connectivity index (χ3v) is 3.07. The van der Waals surface area contributed by atoms with Crippen LogP contribution >= 0.6 is 0 Å². The predicted molar refractivity (Wildman–Crippen MR) is 65.2 cm³/mol. The summed E-state index contributed by atoms with van der Waals surface area (Å²) in [5.74, 6) is 1.65. The molecule has 4 nitrogen and oxygen atoms in total. The SMILES string of the molecule is CN=C(NC)NC[C@H]1CCN(C(C)C)C1. The van der Waals surface area contributed by atoms with E-state index >= 15 is 0 Å². The van der Waals surface area contributed by atoms with Crippen molar-refractivity contribution in [2.75, 3.05) is 33.7 Å². The summed E-state index contributed by atoms with van der Waals surface area (Å²) in [6.07, 6.45) is 1.30. The van der Waals surface area contributed by atoms with Crippen LogP contribution in [0.2, 0.25) is 0 Å². The van der Waals surface area contributed by atoms with Crippen LogP contribution in [0.1, 0.15) is 20.3 Å². The average molecular weight is 212 g/mol. The molecule has 0 saturated carbocycles. The fraction of sp³-hybridized carbons (Fsp3) is 0.909. The van der Waals surface area contributed by atoms with Gasteiger partial charge in [-0.15, -0.1) is 0 Å². The number of nitrogens with zero attached hydrogens (tertiary/aromatic N) is 2. The van der Waals surface area contributed by atoms with Crippen LogP contribution in [0.3, 0.4) is 0 Å². The largest absolute Gasteiger partial charge is 0.359 e. The van der Waals surface area contributed by atoms with Gasteiger partial charge >= 0.3 is 0 Å². The van der Waals surface area contributed by atoms with Gasteiger partial charge in [0.15, 0.2) is 5.96 Å². The first-order chi connectivity index (χ1) is 7.17. The first kappa shape index (κ1) is 12.3. The van der Waals surface area contributed by atoms with E-state index in [1.165, 1.54) is 19.5 Å². The summed E-state index contributed by atoms with van der Waals surface area (Å²) < 4.78 is 0. The van der Waals surface area contributed by atoms with Gasteiger partial charge in [-0.3, -0.25) is 4.99 Å². The Hall–Kier alpha value is -0.770. The monoisotopic (exact) mass is 212 g/mol. The maximum Gasteiger partial charge on any atom is 0.190 e. The summed E-state index contributed by atoms with van der Waals surface area (Å²) in [5.41, 5.74) is 0. The minimum atomic E-state index is 0.679. The Bertz CT molecular complexity index is 213. The number of guanidine groups is 1. The van der Waals surface area contributed by atoms with Crippen molar-refractivity contribution in [1.82, 2.24) is 15.5 Å². The Labute approximate surface area is 93.1 Å². The van der Waals surface area contributed by atoms with Gasteiger partial charge in [0.25, 0.3) is 0 Å². The minimum Gasteiger partial charge on any atom is -0.359 e. The zero-order chi connectivity index (χ0) is 11.3. The molecular formula is C11H24N4. The maximum absolute atomic E-state index is 4.10. The summed E-state index contributed by atoms with van der Waals surface area (Å²) in [5, 5.41) is 6.37. The number of nitrogens with one attached hydrogen (secondary N) is 2. The van der Waals surface area contributed by atoms with E-state index in [2.05, 4.69) is 34.4 Å². The van der Waals surface area contributed by atoms with E-state index in [1.807, 2.05) is 7.05 Å². The molecule has 0 radical (unpaired) electrons. The van der Waals surface area contributed by atoms with Gasteiger partial charge < -0.3 is 15.5 Å². The molecule has 88 valence electrons. The highest BCUT2D eigenvalue weighted by Crippen LogP contribution is 2.17. The molecule has 0 spiro atoms. The van der Waals surface area contributed by atoms with Crippen molar-refractivity contribution in [2.45, 2.75) is 26.3 Å². The smallest absolute Gasteiger partial charge is 0.190 e. The first-order valence-electron chi connectivity index (χ1n) is 5.79. The van der Waals surface area contributed by atoms with E-state index in [-0.39, 0.29) is 0 Å². The van der Waals surface area contributed by atoms with Gasteiger partial charge in [-0.2, -0.15) is 0 Å². The number of aliphatic imine (C=N–C) groups is 1. The molecular weight excluding hydrogens is 188 g/mol. The van der Waals surface area contributed by atoms with Crippen LogP contribution in [0, 0.1) is 5.92 Å². The van der Waals surface area contributed by atoms with Crippen LogP contribution in [0.5, 0.6) is 0 Å². The van der Waals surface area contributed by atoms with E-state index in [0.29, 0.717) is 6.04 Å². The Kier molecular flexibility index (Phi) is 4.88. The van der Waals surface area contributed by atoms with Gasteiger partial charge in [0.05, 0.1) is 0 Å². The third-order valence-electron chi connectivity index (χ3n) is 3.07. The lowest BCUT2D eigenvalue weighted by molar-refractivity contribution is 0.265. The topological polar surface area (TPSA) is 39.7 Å². The molecule has 1 saturated heterocycles. The van der Waals surface area contributed by atoms with Crippen molar-refractivity contribution in [2.24, 2.45) is 10.9 Å². The van der Waals surface area contributed by atoms with Crippen LogP contribution in [0.4, 0.5) is 0 Å². The summed E-state index contributed by atoms with van der Waals surface area (Å²) in [6, 6.07) is 0.679. The first-order valence-corrected chi connectivity index (χ1v) is 5.79. The van der Waals surface area contributed by atoms with Gasteiger partial charge in [-0.25, -0.2) is 0 Å². The number of hydrogen-bond acceptors (Lipinski definition) is 2. The standard InChI is InChI=1S/C11H24N4/c1-9(2)15-6-5-10(8-15)7-14-11(12-3)13-4/h9-10H,5-8H2,1-4H3,(H2,12,13,14)/t10-/m1/s1. The Morgan fingerprint density at radius 3 is 2.73 bits per heavy atom. The highest BCUT2D eigenvalue weighted by Gasteiger charge is 2.23. The minimum absolute atomic E-state index is 0.679. The quantitative estimate of drug-likeness (QED) is 0.529. The lowest BCUT2D eigenvalue weighted by atomic mass is 10.1. The molecule has 0 amide bonds. The van der Waals surface area contributed by atoms with E-state index in [0.717, 1.165) is 18.4 Å². The van der Waals surface area contributed by atoms with Gasteiger partial charge in [-0.05, 0) is 32.7 Å². The third kappa shape index (κ3) is 3.70. The van der Waals surface area contributed by atoms with Gasteiger partial charge in [0, 0.05) is 33.2 Å². The molecule has 1 fully saturated rings. The Morgan fingerprint density at radius 1 is 1.53 bits per heavy atom. The van der Waals surface area contributed by atoms with Crippen LogP contribution in [0.25, 0.3) is 0 Å². The summed E-state index contributed by atoms with van der Waals surface area (Å²) in [6.45, 7) is 8.01. The van der Waals surface area contributed by atoms with Crippen molar-refractivity contribution in [1.29, 1.82) is 0 Å². The molecule has 0 unspecified atom stereocenters. The van der Waals surface area contributed by atoms with E-state index in [1.54, 1.807) is 7.05 Å². The number of rotatable bonds is 3. The van der Waals surface area contributed by atoms with Gasteiger partial charge in [-0.1, -0.05) is 0 Å². The molecule has 0 aromatic carbocycles. The molecule has 2 N–H and O–H groups in total. The normalized spacial score (nSPS) is 23.5. The second-order valence-electron chi connectivity index (χ2n) is 4.45. The lowest BCUT2D eigenvalue weighted by Gasteiger charge is -2.20. The average Bonchev–Trinajstić information content (AvgIpc) is 2.68. The van der Waals surface area contributed by atoms with Crippen LogP contribution in [0.15, 0.2) is 4.99 Å². The van der Waals surface area contributed by atoms with Gasteiger partial charge in [0.2, 0.25) is 0 Å². The van der Waals surface area contributed by atoms with Crippen molar-refractivity contribution >= 4 is 5.96 Å². The van der Waals surface area contributed by atoms with E-state index in [9.17, 15) is 0 Å². The fourth-order valence-electron chi connectivity index (χ4n) is 2.02. The molecule has 0 aromatic heterocycles. The summed E-state index contributed by atoms with van der Waals surface area (Å²) >= 11 is 0. The zero-order valence-corrected chi connectivity index (χ0v) is 10.4. The summed E-state index contributed by atoms with van der Waals surface area (Å²) in [4.78, 5) is 6.64. The van der Waals surface area contributed by atoms with Crippen molar-refractivity contribution in [3.63, 3.8) is 0 Å². The number of hydrogen-bond donors (Lipinski definition) is 2. The van der Waals surface area contributed by atoms with Crippen molar-refractivity contribution in [3.8, 4) is 0 Å². The molecule has 1 atom stereocenters. The lowest BCUT2D eigenvalue weighted by Crippen LogP contribution is -2.38. The molecule has 0 bridgehead atoms. The van der Waals surface area contributed by atoms with E-state index in [4.69, 9.17) is 0 Å². The van der Waals surface area contributed by atoms with Crippen molar-refractivity contribution < 1.29 is 0 Å². The molecule has 1 aliphatic rings. The van der Waals surface area contributed by atoms with Crippen LogP contribution < -0.4 is 10.6 Å². The van der Waals surface area contributed by atoms with E-state index < -0.39 is 0 Å². The summed E-state index contributed by atoms with van der Waals surface area (Å²) in [7, 11) is 3.69. The van der Waals surface area contributed by atoms with Gasteiger partial charge in [0.1, 0.15) is 0 Å². The molecule has 4 heteroatoms. The van der Waals surface area contributed by atoms with Crippen molar-refractivity contribution in [3.05, 3.63) is 0 Å². The molecule has 15 heavy (non-hydrogen) atoms. The Balaban J connectivity index is 2.24. The molecule has 1 rings (SSSR count).